The third-order valence-corrected chi connectivity index (χ3v) is 6.06. The number of carboxylic acids is 3. The number of aliphatic carboxylic acids is 3. The van der Waals surface area contributed by atoms with E-state index in [9.17, 15) is 14.4 Å². The van der Waals surface area contributed by atoms with Crippen LogP contribution in [0.1, 0.15) is 103 Å². The highest BCUT2D eigenvalue weighted by Gasteiger charge is 2.26. The summed E-state index contributed by atoms with van der Waals surface area (Å²) in [5, 5.41) is 60.2. The highest BCUT2D eigenvalue weighted by atomic mass is 16.4. The molecular formula is C25H48O10. The van der Waals surface area contributed by atoms with E-state index in [4.69, 9.17) is 35.7 Å². The Balaban J connectivity index is 0. The summed E-state index contributed by atoms with van der Waals surface area (Å²) in [5.41, 5.74) is -1.11. The molecule has 0 aromatic rings. The minimum Gasteiger partial charge on any atom is -0.481 e. The number of carboxylic acid groups (broad SMARTS) is 3. The third kappa shape index (κ3) is 22.5. The highest BCUT2D eigenvalue weighted by molar-refractivity contribution is 5.77. The van der Waals surface area contributed by atoms with Crippen molar-refractivity contribution in [3.63, 3.8) is 0 Å². The van der Waals surface area contributed by atoms with Crippen LogP contribution in [0.15, 0.2) is 0 Å². The first kappa shape index (κ1) is 35.4. The molecule has 208 valence electrons. The van der Waals surface area contributed by atoms with E-state index in [2.05, 4.69) is 0 Å². The first-order chi connectivity index (χ1) is 16.7. The molecule has 0 amide bonds. The lowest BCUT2D eigenvalue weighted by atomic mass is 9.93. The van der Waals surface area contributed by atoms with Crippen molar-refractivity contribution < 1.29 is 50.1 Å². The summed E-state index contributed by atoms with van der Waals surface area (Å²) in [6.45, 7) is -1.62. The van der Waals surface area contributed by atoms with Gasteiger partial charge in [-0.2, -0.15) is 0 Å². The van der Waals surface area contributed by atoms with Gasteiger partial charge in [-0.05, 0) is 12.8 Å². The van der Waals surface area contributed by atoms with E-state index in [1.54, 1.807) is 0 Å². The normalized spacial score (nSPS) is 12.0. The zero-order chi connectivity index (χ0) is 27.0. The van der Waals surface area contributed by atoms with Crippen LogP contribution in [-0.2, 0) is 14.4 Å². The molecule has 0 aromatic carbocycles. The van der Waals surface area contributed by atoms with Crippen LogP contribution in [0, 0.1) is 11.3 Å². The van der Waals surface area contributed by atoms with Crippen molar-refractivity contribution in [1.82, 2.24) is 0 Å². The van der Waals surface area contributed by atoms with Crippen LogP contribution < -0.4 is 0 Å². The van der Waals surface area contributed by atoms with Gasteiger partial charge >= 0.3 is 17.9 Å². The molecule has 0 aliphatic carbocycles. The van der Waals surface area contributed by atoms with Gasteiger partial charge in [0.15, 0.2) is 0 Å². The van der Waals surface area contributed by atoms with Crippen molar-refractivity contribution in [1.29, 1.82) is 0 Å². The van der Waals surface area contributed by atoms with Crippen molar-refractivity contribution in [2.75, 3.05) is 26.4 Å². The second kappa shape index (κ2) is 24.0. The summed E-state index contributed by atoms with van der Waals surface area (Å²) in [4.78, 5) is 31.9. The second-order valence-corrected chi connectivity index (χ2v) is 9.29. The van der Waals surface area contributed by atoms with Crippen LogP contribution in [0.5, 0.6) is 0 Å². The van der Waals surface area contributed by atoms with Crippen LogP contribution in [-0.4, -0.2) is 80.1 Å². The van der Waals surface area contributed by atoms with Gasteiger partial charge < -0.3 is 35.7 Å². The van der Waals surface area contributed by atoms with E-state index >= 15 is 0 Å². The predicted octanol–water partition coefficient (Wildman–Crippen LogP) is 3.04. The molecule has 0 aliphatic heterocycles. The van der Waals surface area contributed by atoms with Crippen LogP contribution >= 0.6 is 0 Å². The van der Waals surface area contributed by atoms with Crippen molar-refractivity contribution >= 4 is 17.9 Å². The number of carbonyl (C=O) groups is 3. The van der Waals surface area contributed by atoms with E-state index in [0.29, 0.717) is 6.42 Å². The van der Waals surface area contributed by atoms with Crippen molar-refractivity contribution in [3.05, 3.63) is 0 Å². The Labute approximate surface area is 209 Å². The third-order valence-electron chi connectivity index (χ3n) is 6.06. The van der Waals surface area contributed by atoms with Gasteiger partial charge in [-0.25, -0.2) is 0 Å². The maximum Gasteiger partial charge on any atom is 0.307 e. The van der Waals surface area contributed by atoms with Gasteiger partial charge in [0, 0.05) is 6.42 Å². The topological polar surface area (TPSA) is 193 Å². The van der Waals surface area contributed by atoms with E-state index in [1.165, 1.54) is 38.5 Å². The number of hydrogen-bond acceptors (Lipinski definition) is 7. The quantitative estimate of drug-likeness (QED) is 0.101. The molecule has 0 rings (SSSR count). The number of aliphatic hydroxyl groups excluding tert-OH is 4. The number of unbranched alkanes of at least 4 members (excludes halogenated alkanes) is 12. The summed E-state index contributed by atoms with van der Waals surface area (Å²) < 4.78 is 0. The first-order valence-electron chi connectivity index (χ1n) is 12.8. The summed E-state index contributed by atoms with van der Waals surface area (Å²) in [6.07, 6.45) is 14.7. The molecule has 1 unspecified atom stereocenters. The molecule has 7 N–H and O–H groups in total. The second-order valence-electron chi connectivity index (χ2n) is 9.29. The van der Waals surface area contributed by atoms with Gasteiger partial charge in [-0.3, -0.25) is 14.4 Å². The molecule has 0 radical (unpaired) electrons. The molecule has 0 saturated carbocycles. The highest BCUT2D eigenvalue weighted by Crippen LogP contribution is 2.17. The smallest absolute Gasteiger partial charge is 0.307 e. The summed E-state index contributed by atoms with van der Waals surface area (Å²) in [5.74, 6) is -3.50. The predicted molar refractivity (Wildman–Crippen MR) is 131 cm³/mol. The average molecular weight is 509 g/mol. The SMILES string of the molecule is O=C(O)CCCCCCCCCCCCCCCC(CC(=O)O)C(=O)O.OCC(CO)(CO)CO. The molecule has 0 fully saturated rings. The van der Waals surface area contributed by atoms with Crippen LogP contribution in [0.3, 0.4) is 0 Å². The van der Waals surface area contributed by atoms with Crippen molar-refractivity contribution in [2.45, 2.75) is 103 Å². The Hall–Kier alpha value is -1.75. The molecule has 0 spiro atoms. The largest absolute Gasteiger partial charge is 0.481 e. The van der Waals surface area contributed by atoms with Gasteiger partial charge in [0.2, 0.25) is 0 Å². The maximum absolute atomic E-state index is 10.9. The van der Waals surface area contributed by atoms with Gasteiger partial charge in [0.05, 0.1) is 44.2 Å². The van der Waals surface area contributed by atoms with Crippen LogP contribution in [0.2, 0.25) is 0 Å². The molecule has 0 bridgehead atoms. The number of hydrogen-bond donors (Lipinski definition) is 7. The Bertz CT molecular complexity index is 517. The molecule has 1 atom stereocenters. The lowest BCUT2D eigenvalue weighted by Crippen LogP contribution is -2.37. The van der Waals surface area contributed by atoms with E-state index in [0.717, 1.165) is 44.9 Å². The van der Waals surface area contributed by atoms with Gasteiger partial charge in [0.1, 0.15) is 0 Å². The molecule has 0 aromatic heterocycles. The van der Waals surface area contributed by atoms with Gasteiger partial charge in [-0.1, -0.05) is 77.0 Å². The number of aliphatic hydroxyl groups is 4. The fourth-order valence-electron chi connectivity index (χ4n) is 3.44. The molecule has 10 nitrogen and oxygen atoms in total. The monoisotopic (exact) mass is 508 g/mol. The Kier molecular flexibility index (Phi) is 24.2. The summed E-state index contributed by atoms with van der Waals surface area (Å²) in [7, 11) is 0. The van der Waals surface area contributed by atoms with Crippen LogP contribution in [0.4, 0.5) is 0 Å². The molecule has 10 heteroatoms. The lowest BCUT2D eigenvalue weighted by molar-refractivity contribution is -0.148. The van der Waals surface area contributed by atoms with Crippen molar-refractivity contribution in [3.8, 4) is 0 Å². The number of rotatable bonds is 23. The first-order valence-corrected chi connectivity index (χ1v) is 12.8. The fourth-order valence-corrected chi connectivity index (χ4v) is 3.44. The average Bonchev–Trinajstić information content (AvgIpc) is 2.82. The molecular weight excluding hydrogens is 460 g/mol. The Morgan fingerprint density at radius 1 is 0.514 bits per heavy atom. The van der Waals surface area contributed by atoms with E-state index < -0.39 is 55.7 Å². The molecule has 0 heterocycles. The van der Waals surface area contributed by atoms with E-state index in [-0.39, 0.29) is 12.8 Å². The molecule has 0 saturated heterocycles. The van der Waals surface area contributed by atoms with E-state index in [1.807, 2.05) is 0 Å². The summed E-state index contributed by atoms with van der Waals surface area (Å²) in [6, 6.07) is 0. The fraction of sp³-hybridized carbons (Fsp3) is 0.880. The Morgan fingerprint density at radius 2 is 0.857 bits per heavy atom. The standard InChI is InChI=1S/C20H36O6.C5H12O4/c21-18(22)15-13-11-9-7-5-3-1-2-4-6-8-10-12-14-17(20(25)26)16-19(23)24;6-1-5(2-7,3-8)4-9/h17H,1-16H2,(H,21,22)(H,23,24)(H,25,26);6-9H,1-4H2. The lowest BCUT2D eigenvalue weighted by Gasteiger charge is -2.23. The zero-order valence-electron chi connectivity index (χ0n) is 21.1. The zero-order valence-corrected chi connectivity index (χ0v) is 21.1. The van der Waals surface area contributed by atoms with Gasteiger partial charge in [0.25, 0.3) is 0 Å². The Morgan fingerprint density at radius 3 is 1.11 bits per heavy atom. The molecule has 0 aliphatic rings. The van der Waals surface area contributed by atoms with Crippen LogP contribution in [0.25, 0.3) is 0 Å². The van der Waals surface area contributed by atoms with Gasteiger partial charge in [-0.15, -0.1) is 0 Å². The summed E-state index contributed by atoms with van der Waals surface area (Å²) >= 11 is 0. The maximum atomic E-state index is 10.9. The van der Waals surface area contributed by atoms with Crippen molar-refractivity contribution in [2.24, 2.45) is 11.3 Å². The minimum absolute atomic E-state index is 0.283. The molecule has 35 heavy (non-hydrogen) atoms. The minimum atomic E-state index is -1.11.